The fourth-order valence-corrected chi connectivity index (χ4v) is 5.96. The number of fused-ring (bicyclic) bond motifs is 1. The van der Waals surface area contributed by atoms with E-state index in [-0.39, 0.29) is 34.9 Å². The van der Waals surface area contributed by atoms with Gasteiger partial charge in [-0.05, 0) is 41.8 Å². The third-order valence-electron chi connectivity index (χ3n) is 6.55. The molecule has 0 aliphatic carbocycles. The third kappa shape index (κ3) is 7.25. The van der Waals surface area contributed by atoms with Crippen molar-refractivity contribution in [3.8, 4) is 5.75 Å². The molecule has 0 spiro atoms. The zero-order valence-electron chi connectivity index (χ0n) is 20.9. The van der Waals surface area contributed by atoms with Crippen LogP contribution in [0.5, 0.6) is 5.75 Å². The van der Waals surface area contributed by atoms with Gasteiger partial charge >= 0.3 is 6.18 Å². The van der Waals surface area contributed by atoms with Crippen LogP contribution in [0.25, 0.3) is 0 Å². The summed E-state index contributed by atoms with van der Waals surface area (Å²) in [5.41, 5.74) is 0.679. The molecular weight excluding hydrogens is 546 g/mol. The molecule has 2 N–H and O–H groups in total. The quantitative estimate of drug-likeness (QED) is 0.466. The molecule has 212 valence electrons. The van der Waals surface area contributed by atoms with Crippen LogP contribution in [0.4, 0.5) is 23.2 Å². The highest BCUT2D eigenvalue weighted by Crippen LogP contribution is 2.31. The molecule has 0 aromatic heterocycles. The van der Waals surface area contributed by atoms with Crippen LogP contribution in [0.15, 0.2) is 41.3 Å². The first-order chi connectivity index (χ1) is 18.2. The molecule has 2 aromatic carbocycles. The van der Waals surface area contributed by atoms with Gasteiger partial charge < -0.3 is 20.1 Å². The predicted molar refractivity (Wildman–Crippen MR) is 131 cm³/mol. The van der Waals surface area contributed by atoms with E-state index in [4.69, 9.17) is 4.74 Å². The van der Waals surface area contributed by atoms with Crippen LogP contribution in [0, 0.1) is 5.82 Å². The number of halogens is 4. The van der Waals surface area contributed by atoms with E-state index in [1.54, 1.807) is 0 Å². The first-order valence-corrected chi connectivity index (χ1v) is 13.7. The van der Waals surface area contributed by atoms with Crippen LogP contribution in [-0.4, -0.2) is 86.5 Å². The lowest BCUT2D eigenvalue weighted by molar-refractivity contribution is -0.153. The smallest absolute Gasteiger partial charge is 0.422 e. The normalized spacial score (nSPS) is 19.7. The Morgan fingerprint density at radius 1 is 1.26 bits per heavy atom. The number of nitrogens with one attached hydrogen (secondary N) is 1. The number of hydrogen-bond donors (Lipinski definition) is 2. The zero-order chi connectivity index (χ0) is 28.5. The number of amides is 2. The second-order valence-corrected chi connectivity index (χ2v) is 11.6. The summed E-state index contributed by atoms with van der Waals surface area (Å²) in [5, 5.41) is 12.4. The van der Waals surface area contributed by atoms with Crippen molar-refractivity contribution in [2.75, 3.05) is 44.4 Å². The number of aliphatic hydroxyl groups is 1. The van der Waals surface area contributed by atoms with Crippen LogP contribution in [0.2, 0.25) is 0 Å². The first-order valence-electron chi connectivity index (χ1n) is 12.0. The molecule has 0 bridgehead atoms. The largest absolute Gasteiger partial charge is 0.484 e. The topological polar surface area (TPSA) is 116 Å². The van der Waals surface area contributed by atoms with E-state index in [1.807, 2.05) is 4.90 Å². The summed E-state index contributed by atoms with van der Waals surface area (Å²) in [5.74, 6) is -3.00. The first kappa shape index (κ1) is 28.8. The SMILES string of the molecule is CN(C(=O)Cc1ccc2c(c1)NC(=O)CS2(=O)=O)[C@H](CN1CC[C@@H](O)C1)c1cc(F)cc(OCC(F)(F)F)c1. The van der Waals surface area contributed by atoms with Gasteiger partial charge in [-0.1, -0.05) is 6.07 Å². The number of hydrogen-bond acceptors (Lipinski definition) is 7. The number of carbonyl (C=O) groups excluding carboxylic acids is 2. The lowest BCUT2D eigenvalue weighted by atomic mass is 10.0. The van der Waals surface area contributed by atoms with Crippen molar-refractivity contribution < 1.29 is 45.4 Å². The molecule has 2 heterocycles. The van der Waals surface area contributed by atoms with Crippen LogP contribution < -0.4 is 10.1 Å². The number of likely N-dealkylation sites (N-methyl/N-ethyl adjacent to an activating group) is 1. The summed E-state index contributed by atoms with van der Waals surface area (Å²) < 4.78 is 81.7. The van der Waals surface area contributed by atoms with Crippen LogP contribution in [-0.2, 0) is 25.8 Å². The number of rotatable bonds is 8. The molecule has 1 fully saturated rings. The molecule has 2 aliphatic heterocycles. The van der Waals surface area contributed by atoms with Gasteiger partial charge in [0.1, 0.15) is 17.3 Å². The summed E-state index contributed by atoms with van der Waals surface area (Å²) in [6.07, 6.45) is -4.91. The van der Waals surface area contributed by atoms with Crippen LogP contribution in [0.1, 0.15) is 23.6 Å². The molecular formula is C25H27F4N3O6S. The van der Waals surface area contributed by atoms with Crippen molar-refractivity contribution in [1.29, 1.82) is 0 Å². The Morgan fingerprint density at radius 2 is 2.00 bits per heavy atom. The number of ether oxygens (including phenoxy) is 1. The molecule has 2 aliphatic rings. The van der Waals surface area contributed by atoms with Gasteiger partial charge in [0.05, 0.1) is 29.1 Å². The van der Waals surface area contributed by atoms with Crippen LogP contribution in [0.3, 0.4) is 0 Å². The summed E-state index contributed by atoms with van der Waals surface area (Å²) in [6.45, 7) is -0.631. The van der Waals surface area contributed by atoms with E-state index < -0.39 is 58.2 Å². The second-order valence-electron chi connectivity index (χ2n) is 9.66. The fraction of sp³-hybridized carbons (Fsp3) is 0.440. The van der Waals surface area contributed by atoms with Gasteiger partial charge in [0, 0.05) is 32.7 Å². The molecule has 0 saturated carbocycles. The lowest BCUT2D eigenvalue weighted by Crippen LogP contribution is -2.39. The number of sulfone groups is 1. The minimum atomic E-state index is -4.63. The van der Waals surface area contributed by atoms with Gasteiger partial charge in [-0.3, -0.25) is 14.5 Å². The van der Waals surface area contributed by atoms with Crippen molar-refractivity contribution in [2.24, 2.45) is 0 Å². The highest BCUT2D eigenvalue weighted by atomic mass is 32.2. The van der Waals surface area contributed by atoms with Gasteiger partial charge in [-0.2, -0.15) is 13.2 Å². The minimum absolute atomic E-state index is 0.0525. The maximum atomic E-state index is 14.4. The Morgan fingerprint density at radius 3 is 2.67 bits per heavy atom. The molecule has 1 saturated heterocycles. The summed E-state index contributed by atoms with van der Waals surface area (Å²) in [7, 11) is -2.33. The van der Waals surface area contributed by atoms with E-state index in [0.29, 0.717) is 25.1 Å². The molecule has 9 nitrogen and oxygen atoms in total. The predicted octanol–water partition coefficient (Wildman–Crippen LogP) is 2.30. The van der Waals surface area contributed by atoms with Crippen LogP contribution >= 0.6 is 0 Å². The molecule has 2 atom stereocenters. The van der Waals surface area contributed by atoms with E-state index in [1.165, 1.54) is 36.2 Å². The van der Waals surface area contributed by atoms with E-state index in [2.05, 4.69) is 5.32 Å². The molecule has 0 unspecified atom stereocenters. The molecule has 39 heavy (non-hydrogen) atoms. The van der Waals surface area contributed by atoms with E-state index in [9.17, 15) is 40.7 Å². The molecule has 14 heteroatoms. The lowest BCUT2D eigenvalue weighted by Gasteiger charge is -2.32. The van der Waals surface area contributed by atoms with Crippen molar-refractivity contribution in [3.05, 3.63) is 53.3 Å². The fourth-order valence-electron chi connectivity index (χ4n) is 4.67. The van der Waals surface area contributed by atoms with Gasteiger partial charge in [-0.15, -0.1) is 0 Å². The van der Waals surface area contributed by atoms with E-state index >= 15 is 0 Å². The number of aliphatic hydroxyl groups excluding tert-OH is 1. The Kier molecular flexibility index (Phi) is 8.19. The van der Waals surface area contributed by atoms with Crippen molar-refractivity contribution in [1.82, 2.24) is 9.80 Å². The highest BCUT2D eigenvalue weighted by molar-refractivity contribution is 7.92. The van der Waals surface area contributed by atoms with Crippen molar-refractivity contribution in [2.45, 2.75) is 36.1 Å². The van der Waals surface area contributed by atoms with Gasteiger partial charge in [-0.25, -0.2) is 12.8 Å². The zero-order valence-corrected chi connectivity index (χ0v) is 21.7. The summed E-state index contributed by atoms with van der Waals surface area (Å²) in [6, 6.07) is 6.53. The minimum Gasteiger partial charge on any atom is -0.484 e. The average Bonchev–Trinajstić information content (AvgIpc) is 3.23. The molecule has 2 aromatic rings. The number of benzene rings is 2. The number of carbonyl (C=O) groups is 2. The highest BCUT2D eigenvalue weighted by Gasteiger charge is 2.32. The monoisotopic (exact) mass is 573 g/mol. The third-order valence-corrected chi connectivity index (χ3v) is 8.22. The second kappa shape index (κ2) is 11.1. The van der Waals surface area contributed by atoms with Crippen molar-refractivity contribution >= 4 is 27.3 Å². The molecule has 2 amide bonds. The van der Waals surface area contributed by atoms with Gasteiger partial charge in [0.15, 0.2) is 16.4 Å². The summed E-state index contributed by atoms with van der Waals surface area (Å²) >= 11 is 0. The maximum absolute atomic E-state index is 14.4. The Bertz CT molecular complexity index is 1370. The number of anilines is 1. The number of alkyl halides is 3. The maximum Gasteiger partial charge on any atom is 0.422 e. The number of β-amino-alcohol motifs (C(OH)–C–C–N with tert-alkyl or cyclic N) is 1. The summed E-state index contributed by atoms with van der Waals surface area (Å²) in [4.78, 5) is 28.2. The molecule has 0 radical (unpaired) electrons. The molecule has 4 rings (SSSR count). The number of likely N-dealkylation sites (tertiary alicyclic amines) is 1. The Hall–Kier alpha value is -3.23. The number of nitrogens with zero attached hydrogens (tertiary/aromatic N) is 2. The standard InChI is InChI=1S/C25H27F4N3O6S/c1-31(24(35)7-15-2-3-22-20(6-15)30-23(34)13-39(22,36)37)21(12-32-5-4-18(33)11-32)16-8-17(26)10-19(9-16)38-14-25(27,28)29/h2-3,6,8-10,18,21,33H,4-5,7,11-14H2,1H3,(H,30,34)/t18-,21-/m1/s1. The van der Waals surface area contributed by atoms with Crippen molar-refractivity contribution in [3.63, 3.8) is 0 Å². The van der Waals surface area contributed by atoms with Gasteiger partial charge in [0.2, 0.25) is 11.8 Å². The average molecular weight is 574 g/mol. The van der Waals surface area contributed by atoms with Gasteiger partial charge in [0.25, 0.3) is 0 Å². The van der Waals surface area contributed by atoms with E-state index in [0.717, 1.165) is 12.1 Å². The Balaban J connectivity index is 1.59. The Labute approximate surface area is 222 Å².